The van der Waals surface area contributed by atoms with Gasteiger partial charge in [0.25, 0.3) is 5.91 Å². The van der Waals surface area contributed by atoms with E-state index in [0.29, 0.717) is 17.2 Å². The van der Waals surface area contributed by atoms with Crippen molar-refractivity contribution in [3.05, 3.63) is 71.5 Å². The first-order valence-corrected chi connectivity index (χ1v) is 10.0. The number of aromatic nitrogens is 1. The first kappa shape index (κ1) is 19.1. The quantitative estimate of drug-likeness (QED) is 0.657. The SMILES string of the molecule is Cc1ccc(NC(=O)C2(c3ccc4c(c3)OCO4)CC2)cc1-c1ccc(C(N)=O)nc1.[HH]. The van der Waals surface area contributed by atoms with Crippen molar-refractivity contribution in [3.8, 4) is 22.6 Å². The number of rotatable bonds is 5. The molecule has 31 heavy (non-hydrogen) atoms. The molecule has 2 aromatic carbocycles. The molecule has 7 nitrogen and oxygen atoms in total. The molecule has 0 radical (unpaired) electrons. The Kier molecular flexibility index (Phi) is 4.39. The lowest BCUT2D eigenvalue weighted by molar-refractivity contribution is -0.118. The molecule has 2 heterocycles. The number of aryl methyl sites for hydroxylation is 1. The van der Waals surface area contributed by atoms with E-state index in [1.165, 1.54) is 0 Å². The zero-order valence-corrected chi connectivity index (χ0v) is 17.0. The maximum absolute atomic E-state index is 13.2. The molecule has 1 fully saturated rings. The fourth-order valence-electron chi connectivity index (χ4n) is 3.93. The van der Waals surface area contributed by atoms with Gasteiger partial charge in [0.15, 0.2) is 11.5 Å². The number of pyridine rings is 1. The number of anilines is 1. The van der Waals surface area contributed by atoms with Gasteiger partial charge in [0, 0.05) is 18.9 Å². The third-order valence-electron chi connectivity index (χ3n) is 5.93. The highest BCUT2D eigenvalue weighted by Crippen LogP contribution is 2.51. The number of hydrogen-bond donors (Lipinski definition) is 2. The summed E-state index contributed by atoms with van der Waals surface area (Å²) in [6, 6.07) is 14.9. The van der Waals surface area contributed by atoms with Crippen molar-refractivity contribution in [2.24, 2.45) is 5.73 Å². The molecule has 3 N–H and O–H groups in total. The number of nitrogens with zero attached hydrogens (tertiary/aromatic N) is 1. The molecule has 158 valence electrons. The van der Waals surface area contributed by atoms with Gasteiger partial charge in [-0.25, -0.2) is 0 Å². The molecule has 0 bridgehead atoms. The Morgan fingerprint density at radius 2 is 1.87 bits per heavy atom. The van der Waals surface area contributed by atoms with Gasteiger partial charge >= 0.3 is 0 Å². The Balaban J connectivity index is 0.00000245. The van der Waals surface area contributed by atoms with Crippen LogP contribution in [-0.4, -0.2) is 23.6 Å². The molecule has 3 aromatic rings. The average molecular weight is 417 g/mol. The standard InChI is InChI=1S/C24H21N3O4.H2/c1-14-2-5-17(11-18(14)15-3-6-19(22(25)28)26-12-15)27-23(29)24(8-9-24)16-4-7-20-21(10-16)31-13-30-20;/h2-7,10-12H,8-9,13H2,1H3,(H2,25,28)(H,27,29);1H. The van der Waals surface area contributed by atoms with Crippen molar-refractivity contribution in [1.29, 1.82) is 0 Å². The molecular weight excluding hydrogens is 394 g/mol. The normalized spacial score (nSPS) is 15.4. The minimum absolute atomic E-state index is 0. The van der Waals surface area contributed by atoms with Gasteiger partial charge in [-0.1, -0.05) is 18.2 Å². The van der Waals surface area contributed by atoms with Crippen molar-refractivity contribution < 1.29 is 20.5 Å². The van der Waals surface area contributed by atoms with Crippen molar-refractivity contribution in [1.82, 2.24) is 4.98 Å². The highest BCUT2D eigenvalue weighted by atomic mass is 16.7. The number of carbonyl (C=O) groups excluding carboxylic acids is 2. The molecule has 7 heteroatoms. The minimum Gasteiger partial charge on any atom is -0.454 e. The summed E-state index contributed by atoms with van der Waals surface area (Å²) in [6.07, 6.45) is 3.19. The molecule has 0 atom stereocenters. The van der Waals surface area contributed by atoms with Gasteiger partial charge in [-0.05, 0) is 66.8 Å². The Hall–Kier alpha value is -3.87. The van der Waals surface area contributed by atoms with Gasteiger partial charge in [-0.15, -0.1) is 0 Å². The molecule has 1 aliphatic heterocycles. The number of nitrogens with two attached hydrogens (primary N) is 1. The van der Waals surface area contributed by atoms with Crippen LogP contribution in [0.1, 0.15) is 35.9 Å². The second kappa shape index (κ2) is 7.12. The summed E-state index contributed by atoms with van der Waals surface area (Å²) in [5.41, 5.74) is 9.38. The zero-order chi connectivity index (χ0) is 21.6. The van der Waals surface area contributed by atoms with Crippen LogP contribution < -0.4 is 20.5 Å². The Bertz CT molecular complexity index is 1210. The van der Waals surface area contributed by atoms with Gasteiger partial charge in [-0.3, -0.25) is 14.6 Å². The first-order valence-electron chi connectivity index (χ1n) is 10.0. The predicted octanol–water partition coefficient (Wildman–Crippen LogP) is 3.80. The van der Waals surface area contributed by atoms with Crippen LogP contribution in [0.25, 0.3) is 11.1 Å². The maximum atomic E-state index is 13.2. The third-order valence-corrected chi connectivity index (χ3v) is 5.93. The van der Waals surface area contributed by atoms with Gasteiger partial charge in [0.1, 0.15) is 5.69 Å². The second-order valence-corrected chi connectivity index (χ2v) is 7.93. The smallest absolute Gasteiger partial charge is 0.267 e. The number of hydrogen-bond acceptors (Lipinski definition) is 5. The summed E-state index contributed by atoms with van der Waals surface area (Å²) in [5, 5.41) is 3.07. The zero-order valence-electron chi connectivity index (χ0n) is 17.0. The van der Waals surface area contributed by atoms with Gasteiger partial charge in [-0.2, -0.15) is 0 Å². The Morgan fingerprint density at radius 3 is 2.58 bits per heavy atom. The number of primary amides is 1. The maximum Gasteiger partial charge on any atom is 0.267 e. The Labute approximate surface area is 180 Å². The van der Waals surface area contributed by atoms with E-state index in [9.17, 15) is 9.59 Å². The number of amides is 2. The van der Waals surface area contributed by atoms with Crippen LogP contribution in [0.2, 0.25) is 0 Å². The van der Waals surface area contributed by atoms with Crippen LogP contribution in [0.5, 0.6) is 11.5 Å². The number of carbonyl (C=O) groups is 2. The summed E-state index contributed by atoms with van der Waals surface area (Å²) in [7, 11) is 0. The van der Waals surface area contributed by atoms with Crippen LogP contribution in [0, 0.1) is 6.92 Å². The van der Waals surface area contributed by atoms with E-state index in [1.54, 1.807) is 18.3 Å². The molecular formula is C24H23N3O4. The second-order valence-electron chi connectivity index (χ2n) is 7.93. The summed E-state index contributed by atoms with van der Waals surface area (Å²) < 4.78 is 10.8. The molecule has 1 aliphatic carbocycles. The minimum atomic E-state index is -0.567. The van der Waals surface area contributed by atoms with E-state index in [-0.39, 0.29) is 19.8 Å². The Morgan fingerprint density at radius 1 is 1.06 bits per heavy atom. The molecule has 1 aromatic heterocycles. The lowest BCUT2D eigenvalue weighted by atomic mass is 9.94. The number of ether oxygens (including phenoxy) is 2. The molecule has 0 unspecified atom stereocenters. The summed E-state index contributed by atoms with van der Waals surface area (Å²) in [6.45, 7) is 2.19. The number of nitrogens with one attached hydrogen (secondary N) is 1. The van der Waals surface area contributed by atoms with Crippen LogP contribution in [-0.2, 0) is 10.2 Å². The van der Waals surface area contributed by atoms with Crippen molar-refractivity contribution in [2.45, 2.75) is 25.2 Å². The molecule has 1 saturated carbocycles. The number of fused-ring (bicyclic) bond motifs is 1. The number of benzene rings is 2. The summed E-state index contributed by atoms with van der Waals surface area (Å²) >= 11 is 0. The van der Waals surface area contributed by atoms with Crippen LogP contribution in [0.3, 0.4) is 0 Å². The van der Waals surface area contributed by atoms with Crippen molar-refractivity contribution in [3.63, 3.8) is 0 Å². The first-order chi connectivity index (χ1) is 15.0. The van der Waals surface area contributed by atoms with Gasteiger partial charge in [0.2, 0.25) is 12.7 Å². The predicted molar refractivity (Wildman–Crippen MR) is 117 cm³/mol. The molecule has 0 saturated heterocycles. The summed E-state index contributed by atoms with van der Waals surface area (Å²) in [5.74, 6) is 0.783. The van der Waals surface area contributed by atoms with Crippen LogP contribution in [0.15, 0.2) is 54.7 Å². The average Bonchev–Trinajstić information content (AvgIpc) is 3.46. The monoisotopic (exact) mass is 417 g/mol. The highest BCUT2D eigenvalue weighted by Gasteiger charge is 2.51. The van der Waals surface area contributed by atoms with E-state index in [2.05, 4.69) is 10.3 Å². The molecule has 2 aliphatic rings. The molecule has 2 amide bonds. The fraction of sp³-hybridized carbons (Fsp3) is 0.208. The molecule has 0 spiro atoms. The van der Waals surface area contributed by atoms with E-state index < -0.39 is 11.3 Å². The van der Waals surface area contributed by atoms with E-state index in [4.69, 9.17) is 15.2 Å². The van der Waals surface area contributed by atoms with E-state index >= 15 is 0 Å². The lowest BCUT2D eigenvalue weighted by Gasteiger charge is -2.17. The van der Waals surface area contributed by atoms with Crippen molar-refractivity contribution in [2.75, 3.05) is 12.1 Å². The van der Waals surface area contributed by atoms with Gasteiger partial charge in [0.05, 0.1) is 5.41 Å². The fourth-order valence-corrected chi connectivity index (χ4v) is 3.93. The highest BCUT2D eigenvalue weighted by molar-refractivity contribution is 6.02. The van der Waals surface area contributed by atoms with Crippen LogP contribution >= 0.6 is 0 Å². The van der Waals surface area contributed by atoms with E-state index in [1.807, 2.05) is 43.3 Å². The molecule has 5 rings (SSSR count). The van der Waals surface area contributed by atoms with Crippen LogP contribution in [0.4, 0.5) is 5.69 Å². The van der Waals surface area contributed by atoms with Crippen molar-refractivity contribution >= 4 is 17.5 Å². The third kappa shape index (κ3) is 3.38. The van der Waals surface area contributed by atoms with Gasteiger partial charge < -0.3 is 20.5 Å². The van der Waals surface area contributed by atoms with E-state index in [0.717, 1.165) is 35.1 Å². The lowest BCUT2D eigenvalue weighted by Crippen LogP contribution is -2.27. The topological polar surface area (TPSA) is 104 Å². The largest absolute Gasteiger partial charge is 0.454 e. The summed E-state index contributed by atoms with van der Waals surface area (Å²) in [4.78, 5) is 28.6.